The monoisotopic (exact) mass is 270 g/mol. The van der Waals surface area contributed by atoms with Crippen LogP contribution in [-0.2, 0) is 12.8 Å². The summed E-state index contributed by atoms with van der Waals surface area (Å²) < 4.78 is 5.37. The number of aryl methyl sites for hydroxylation is 1. The average Bonchev–Trinajstić information content (AvgIpc) is 3.00. The van der Waals surface area contributed by atoms with Crippen LogP contribution in [0.1, 0.15) is 35.5 Å². The van der Waals surface area contributed by atoms with E-state index in [2.05, 4.69) is 6.92 Å². The van der Waals surface area contributed by atoms with E-state index in [1.165, 1.54) is 0 Å². The number of benzene rings is 1. The van der Waals surface area contributed by atoms with Crippen molar-refractivity contribution in [2.75, 3.05) is 10.6 Å². The maximum absolute atomic E-state index is 12.8. The van der Waals surface area contributed by atoms with Crippen LogP contribution in [0.2, 0.25) is 0 Å². The molecule has 1 atom stereocenters. The fraction of sp³-hybridized carbons (Fsp3) is 0.312. The minimum Gasteiger partial charge on any atom is -0.469 e. The summed E-state index contributed by atoms with van der Waals surface area (Å²) in [4.78, 5) is 14.6. The molecule has 1 aromatic carbocycles. The Balaban J connectivity index is 2.01. The largest absolute Gasteiger partial charge is 0.469 e. The summed E-state index contributed by atoms with van der Waals surface area (Å²) in [6.07, 6.45) is 3.13. The molecule has 1 unspecified atom stereocenters. The third kappa shape index (κ3) is 1.88. The van der Waals surface area contributed by atoms with Crippen LogP contribution in [0.25, 0.3) is 0 Å². The number of carbonyl (C=O) groups is 1. The van der Waals surface area contributed by atoms with Crippen molar-refractivity contribution in [1.82, 2.24) is 0 Å². The Morgan fingerprint density at radius 2 is 2.25 bits per heavy atom. The van der Waals surface area contributed by atoms with Gasteiger partial charge in [-0.05, 0) is 43.2 Å². The topological polar surface area (TPSA) is 59.5 Å². The van der Waals surface area contributed by atoms with Gasteiger partial charge in [-0.1, -0.05) is 6.92 Å². The summed E-state index contributed by atoms with van der Waals surface area (Å²) in [5.41, 5.74) is 9.30. The first-order valence-corrected chi connectivity index (χ1v) is 6.90. The summed E-state index contributed by atoms with van der Waals surface area (Å²) in [5.74, 6) is 0.748. The lowest BCUT2D eigenvalue weighted by atomic mass is 10.1. The zero-order chi connectivity index (χ0) is 14.3. The number of amides is 1. The molecule has 0 radical (unpaired) electrons. The molecule has 0 fully saturated rings. The summed E-state index contributed by atoms with van der Waals surface area (Å²) in [5, 5.41) is 0. The molecule has 0 bridgehead atoms. The van der Waals surface area contributed by atoms with Crippen LogP contribution in [0, 0.1) is 0 Å². The average molecular weight is 270 g/mol. The number of carbonyl (C=O) groups excluding carboxylic acids is 1. The predicted octanol–water partition coefficient (Wildman–Crippen LogP) is 3.02. The van der Waals surface area contributed by atoms with Gasteiger partial charge in [-0.3, -0.25) is 4.79 Å². The molecule has 1 aromatic heterocycles. The normalized spacial score (nSPS) is 17.3. The van der Waals surface area contributed by atoms with E-state index < -0.39 is 0 Å². The lowest BCUT2D eigenvalue weighted by Gasteiger charge is -2.22. The van der Waals surface area contributed by atoms with Gasteiger partial charge in [-0.2, -0.15) is 0 Å². The van der Waals surface area contributed by atoms with Crippen molar-refractivity contribution in [2.24, 2.45) is 0 Å². The lowest BCUT2D eigenvalue weighted by molar-refractivity contribution is 0.0979. The fourth-order valence-electron chi connectivity index (χ4n) is 2.90. The van der Waals surface area contributed by atoms with Crippen LogP contribution in [0.5, 0.6) is 0 Å². The number of anilines is 2. The molecule has 0 aliphatic carbocycles. The molecule has 3 rings (SSSR count). The van der Waals surface area contributed by atoms with Gasteiger partial charge in [0, 0.05) is 23.8 Å². The van der Waals surface area contributed by atoms with Gasteiger partial charge >= 0.3 is 0 Å². The summed E-state index contributed by atoms with van der Waals surface area (Å²) >= 11 is 0. The minimum atomic E-state index is 0.00613. The molecular weight excluding hydrogens is 252 g/mol. The van der Waals surface area contributed by atoms with Gasteiger partial charge in [0.1, 0.15) is 5.76 Å². The quantitative estimate of drug-likeness (QED) is 0.853. The molecule has 0 spiro atoms. The molecule has 4 nitrogen and oxygen atoms in total. The number of nitrogens with zero attached hydrogens (tertiary/aromatic N) is 1. The smallest absolute Gasteiger partial charge is 0.262 e. The van der Waals surface area contributed by atoms with Crippen LogP contribution in [-0.4, -0.2) is 11.9 Å². The van der Waals surface area contributed by atoms with Crippen molar-refractivity contribution in [1.29, 1.82) is 0 Å². The molecule has 0 saturated heterocycles. The van der Waals surface area contributed by atoms with Crippen LogP contribution in [0.15, 0.2) is 34.9 Å². The lowest BCUT2D eigenvalue weighted by Crippen LogP contribution is -2.35. The minimum absolute atomic E-state index is 0.00613. The Labute approximate surface area is 118 Å². The van der Waals surface area contributed by atoms with Gasteiger partial charge in [-0.15, -0.1) is 0 Å². The molecule has 0 saturated carbocycles. The molecule has 2 heterocycles. The highest BCUT2D eigenvalue weighted by atomic mass is 16.3. The number of fused-ring (bicyclic) bond motifs is 1. The molecule has 1 aliphatic heterocycles. The Bertz CT molecular complexity index is 660. The van der Waals surface area contributed by atoms with E-state index in [-0.39, 0.29) is 11.9 Å². The Morgan fingerprint density at radius 1 is 1.45 bits per heavy atom. The molecule has 2 aromatic rings. The molecule has 20 heavy (non-hydrogen) atoms. The zero-order valence-electron chi connectivity index (χ0n) is 11.7. The molecule has 1 aliphatic rings. The van der Waals surface area contributed by atoms with E-state index in [0.717, 1.165) is 29.1 Å². The van der Waals surface area contributed by atoms with Crippen molar-refractivity contribution in [2.45, 2.75) is 32.7 Å². The molecule has 104 valence electrons. The Kier molecular flexibility index (Phi) is 3.01. The second-order valence-electron chi connectivity index (χ2n) is 5.23. The van der Waals surface area contributed by atoms with Crippen LogP contribution in [0.3, 0.4) is 0 Å². The molecule has 1 amide bonds. The first-order valence-electron chi connectivity index (χ1n) is 6.90. The standard InChI is InChI=1S/C16H18N2O2/c1-3-15-13(6-7-20-15)16(19)18-10(2)8-11-9-12(17)4-5-14(11)18/h4-7,9-10H,3,8,17H2,1-2H3. The number of hydrogen-bond acceptors (Lipinski definition) is 3. The van der Waals surface area contributed by atoms with E-state index in [4.69, 9.17) is 10.2 Å². The number of hydrogen-bond donors (Lipinski definition) is 1. The van der Waals surface area contributed by atoms with Crippen LogP contribution < -0.4 is 10.6 Å². The number of nitrogens with two attached hydrogens (primary N) is 1. The summed E-state index contributed by atoms with van der Waals surface area (Å²) in [6, 6.07) is 7.61. The number of furan rings is 1. The summed E-state index contributed by atoms with van der Waals surface area (Å²) in [6.45, 7) is 4.04. The van der Waals surface area contributed by atoms with E-state index in [1.807, 2.05) is 30.0 Å². The highest BCUT2D eigenvalue weighted by Crippen LogP contribution is 2.35. The van der Waals surface area contributed by atoms with Gasteiger partial charge in [0.15, 0.2) is 0 Å². The molecule has 2 N–H and O–H groups in total. The third-order valence-corrected chi connectivity index (χ3v) is 3.83. The van der Waals surface area contributed by atoms with Crippen molar-refractivity contribution >= 4 is 17.3 Å². The van der Waals surface area contributed by atoms with E-state index in [9.17, 15) is 4.79 Å². The third-order valence-electron chi connectivity index (χ3n) is 3.83. The van der Waals surface area contributed by atoms with Gasteiger partial charge < -0.3 is 15.1 Å². The van der Waals surface area contributed by atoms with E-state index in [0.29, 0.717) is 12.0 Å². The van der Waals surface area contributed by atoms with Crippen LogP contribution >= 0.6 is 0 Å². The summed E-state index contributed by atoms with van der Waals surface area (Å²) in [7, 11) is 0. The van der Waals surface area contributed by atoms with E-state index in [1.54, 1.807) is 12.3 Å². The van der Waals surface area contributed by atoms with E-state index >= 15 is 0 Å². The first kappa shape index (κ1) is 12.8. The van der Waals surface area contributed by atoms with Gasteiger partial charge in [-0.25, -0.2) is 0 Å². The maximum atomic E-state index is 12.8. The molecule has 4 heteroatoms. The second-order valence-corrected chi connectivity index (χ2v) is 5.23. The van der Waals surface area contributed by atoms with Gasteiger partial charge in [0.2, 0.25) is 0 Å². The number of nitrogen functional groups attached to an aromatic ring is 1. The number of rotatable bonds is 2. The first-order chi connectivity index (χ1) is 9.61. The Hall–Kier alpha value is -2.23. The zero-order valence-corrected chi connectivity index (χ0v) is 11.7. The maximum Gasteiger partial charge on any atom is 0.262 e. The highest BCUT2D eigenvalue weighted by molar-refractivity contribution is 6.08. The van der Waals surface area contributed by atoms with Crippen molar-refractivity contribution < 1.29 is 9.21 Å². The predicted molar refractivity (Wildman–Crippen MR) is 78.9 cm³/mol. The van der Waals surface area contributed by atoms with Gasteiger partial charge in [0.05, 0.1) is 11.8 Å². The van der Waals surface area contributed by atoms with Crippen LogP contribution in [0.4, 0.5) is 11.4 Å². The second kappa shape index (κ2) is 4.71. The Morgan fingerprint density at radius 3 is 3.00 bits per heavy atom. The highest BCUT2D eigenvalue weighted by Gasteiger charge is 2.32. The fourth-order valence-corrected chi connectivity index (χ4v) is 2.90. The van der Waals surface area contributed by atoms with Gasteiger partial charge in [0.25, 0.3) is 5.91 Å². The van der Waals surface area contributed by atoms with Crippen molar-refractivity contribution in [3.63, 3.8) is 0 Å². The molecular formula is C16H18N2O2. The van der Waals surface area contributed by atoms with Crippen molar-refractivity contribution in [3.8, 4) is 0 Å². The SMILES string of the molecule is CCc1occc1C(=O)N1c2ccc(N)cc2CC1C. The van der Waals surface area contributed by atoms with Crippen molar-refractivity contribution in [3.05, 3.63) is 47.4 Å².